The van der Waals surface area contributed by atoms with Gasteiger partial charge in [0.1, 0.15) is 5.82 Å². The van der Waals surface area contributed by atoms with Crippen LogP contribution >= 0.6 is 0 Å². The average molecular weight is 283 g/mol. The van der Waals surface area contributed by atoms with Crippen LogP contribution in [0.15, 0.2) is 36.5 Å². The number of nitrogens with zero attached hydrogens (tertiary/aromatic N) is 3. The van der Waals surface area contributed by atoms with Gasteiger partial charge >= 0.3 is 0 Å². The van der Waals surface area contributed by atoms with Crippen molar-refractivity contribution in [3.63, 3.8) is 0 Å². The highest BCUT2D eigenvalue weighted by Gasteiger charge is 2.21. The van der Waals surface area contributed by atoms with Crippen molar-refractivity contribution in [1.29, 1.82) is 0 Å². The Kier molecular flexibility index (Phi) is 3.88. The second-order valence-corrected chi connectivity index (χ2v) is 5.90. The minimum absolute atomic E-state index is 0.242. The lowest BCUT2D eigenvalue weighted by Gasteiger charge is -2.16. The van der Waals surface area contributed by atoms with Crippen molar-refractivity contribution in [2.24, 2.45) is 0 Å². The molecule has 1 aliphatic heterocycles. The van der Waals surface area contributed by atoms with Crippen molar-refractivity contribution in [3.8, 4) is 11.4 Å². The van der Waals surface area contributed by atoms with Gasteiger partial charge in [0.2, 0.25) is 0 Å². The minimum atomic E-state index is -0.242. The number of β-amino-alcohol motifs (C(OH)–C–C–N with tert-alkyl or cyclic N) is 1. The molecule has 0 radical (unpaired) electrons. The topological polar surface area (TPSA) is 49.2 Å². The van der Waals surface area contributed by atoms with Crippen molar-refractivity contribution in [1.82, 2.24) is 9.97 Å². The Morgan fingerprint density at radius 2 is 1.95 bits per heavy atom. The summed E-state index contributed by atoms with van der Waals surface area (Å²) in [6.45, 7) is 5.88. The smallest absolute Gasteiger partial charge is 0.161 e. The summed E-state index contributed by atoms with van der Waals surface area (Å²) in [4.78, 5) is 11.1. The van der Waals surface area contributed by atoms with Gasteiger partial charge in [-0.2, -0.15) is 0 Å². The van der Waals surface area contributed by atoms with Crippen molar-refractivity contribution in [2.45, 2.75) is 32.3 Å². The highest BCUT2D eigenvalue weighted by Crippen LogP contribution is 2.23. The van der Waals surface area contributed by atoms with Crippen molar-refractivity contribution >= 4 is 5.82 Å². The molecule has 1 aliphatic rings. The van der Waals surface area contributed by atoms with Crippen LogP contribution in [0.4, 0.5) is 5.82 Å². The summed E-state index contributed by atoms with van der Waals surface area (Å²) in [5, 5.41) is 9.64. The molecule has 4 heteroatoms. The number of rotatable bonds is 3. The fraction of sp³-hybridized carbons (Fsp3) is 0.412. The summed E-state index contributed by atoms with van der Waals surface area (Å²) in [5.74, 6) is 2.16. The first-order valence-corrected chi connectivity index (χ1v) is 7.50. The first kappa shape index (κ1) is 14.0. The van der Waals surface area contributed by atoms with E-state index < -0.39 is 0 Å². The Bertz CT molecular complexity index is 610. The van der Waals surface area contributed by atoms with Gasteiger partial charge in [-0.05, 0) is 24.0 Å². The van der Waals surface area contributed by atoms with E-state index in [1.165, 1.54) is 5.56 Å². The van der Waals surface area contributed by atoms with Crippen molar-refractivity contribution in [2.75, 3.05) is 18.0 Å². The monoisotopic (exact) mass is 283 g/mol. The van der Waals surface area contributed by atoms with E-state index in [-0.39, 0.29) is 6.10 Å². The molecule has 0 bridgehead atoms. The van der Waals surface area contributed by atoms with Crippen LogP contribution in [0.3, 0.4) is 0 Å². The third-order valence-electron chi connectivity index (χ3n) is 3.96. The number of aliphatic hydroxyl groups excluding tert-OH is 1. The number of anilines is 1. The second-order valence-electron chi connectivity index (χ2n) is 5.90. The van der Waals surface area contributed by atoms with Crippen molar-refractivity contribution in [3.05, 3.63) is 42.1 Å². The minimum Gasteiger partial charge on any atom is -0.391 e. The van der Waals surface area contributed by atoms with Gasteiger partial charge in [-0.25, -0.2) is 9.97 Å². The maximum Gasteiger partial charge on any atom is 0.161 e. The van der Waals surface area contributed by atoms with Crippen LogP contribution in [0.25, 0.3) is 11.4 Å². The van der Waals surface area contributed by atoms with Crippen LogP contribution in [0.1, 0.15) is 31.7 Å². The number of hydrogen-bond donors (Lipinski definition) is 1. The molecule has 110 valence electrons. The molecule has 1 aromatic carbocycles. The van der Waals surface area contributed by atoms with Gasteiger partial charge in [-0.3, -0.25) is 0 Å². The van der Waals surface area contributed by atoms with Gasteiger partial charge in [0.15, 0.2) is 5.82 Å². The molecular formula is C17H21N3O. The van der Waals surface area contributed by atoms with Gasteiger partial charge in [-0.15, -0.1) is 0 Å². The summed E-state index contributed by atoms with van der Waals surface area (Å²) < 4.78 is 0. The molecule has 2 aromatic rings. The Morgan fingerprint density at radius 1 is 1.19 bits per heavy atom. The number of hydrogen-bond acceptors (Lipinski definition) is 4. The maximum atomic E-state index is 9.64. The van der Waals surface area contributed by atoms with Gasteiger partial charge in [0, 0.05) is 24.8 Å². The Hall–Kier alpha value is -1.94. The first-order valence-electron chi connectivity index (χ1n) is 7.50. The van der Waals surface area contributed by atoms with E-state index in [2.05, 4.69) is 53.0 Å². The molecule has 1 N–H and O–H groups in total. The van der Waals surface area contributed by atoms with Crippen LogP contribution in [0.2, 0.25) is 0 Å². The van der Waals surface area contributed by atoms with Crippen LogP contribution in [0.5, 0.6) is 0 Å². The van der Waals surface area contributed by atoms with Crippen LogP contribution in [-0.2, 0) is 0 Å². The van der Waals surface area contributed by atoms with E-state index in [4.69, 9.17) is 0 Å². The van der Waals surface area contributed by atoms with Crippen LogP contribution in [0, 0.1) is 0 Å². The standard InChI is InChI=1S/C17H21N3O/c1-12(2)13-3-5-14(6-4-13)17-18-9-7-16(19-17)20-10-8-15(21)11-20/h3-7,9,12,15,21H,8,10-11H2,1-2H3/t15-/m1/s1. The summed E-state index contributed by atoms with van der Waals surface area (Å²) in [6.07, 6.45) is 2.36. The summed E-state index contributed by atoms with van der Waals surface area (Å²) in [7, 11) is 0. The van der Waals surface area contributed by atoms with Crippen LogP contribution < -0.4 is 4.90 Å². The van der Waals surface area contributed by atoms with Gasteiger partial charge < -0.3 is 10.0 Å². The Morgan fingerprint density at radius 3 is 2.57 bits per heavy atom. The number of aromatic nitrogens is 2. The van der Waals surface area contributed by atoms with E-state index in [1.54, 1.807) is 6.20 Å². The Labute approximate surface area is 125 Å². The largest absolute Gasteiger partial charge is 0.391 e. The predicted octanol–water partition coefficient (Wildman–Crippen LogP) is 2.84. The quantitative estimate of drug-likeness (QED) is 0.941. The van der Waals surface area contributed by atoms with Gasteiger partial charge in [0.25, 0.3) is 0 Å². The third-order valence-corrected chi connectivity index (χ3v) is 3.96. The van der Waals surface area contributed by atoms with E-state index in [9.17, 15) is 5.11 Å². The van der Waals surface area contributed by atoms with E-state index >= 15 is 0 Å². The molecule has 4 nitrogen and oxygen atoms in total. The number of aliphatic hydroxyl groups is 1. The molecule has 0 spiro atoms. The molecule has 1 saturated heterocycles. The zero-order valence-electron chi connectivity index (χ0n) is 12.5. The highest BCUT2D eigenvalue weighted by molar-refractivity contribution is 5.58. The molecule has 1 aromatic heterocycles. The van der Waals surface area contributed by atoms with Gasteiger partial charge in [0.05, 0.1) is 6.10 Å². The molecule has 0 saturated carbocycles. The molecule has 0 amide bonds. The molecular weight excluding hydrogens is 262 g/mol. The fourth-order valence-electron chi connectivity index (χ4n) is 2.63. The molecule has 0 unspecified atom stereocenters. The lowest BCUT2D eigenvalue weighted by molar-refractivity contribution is 0.198. The maximum absolute atomic E-state index is 9.64. The zero-order chi connectivity index (χ0) is 14.8. The average Bonchev–Trinajstić information content (AvgIpc) is 2.94. The normalized spacial score (nSPS) is 18.5. The molecule has 3 rings (SSSR count). The molecule has 2 heterocycles. The molecule has 1 atom stereocenters. The third kappa shape index (κ3) is 3.05. The fourth-order valence-corrected chi connectivity index (χ4v) is 2.63. The van der Waals surface area contributed by atoms with Crippen LogP contribution in [-0.4, -0.2) is 34.3 Å². The van der Waals surface area contributed by atoms with E-state index in [1.807, 2.05) is 6.07 Å². The zero-order valence-corrected chi connectivity index (χ0v) is 12.5. The number of benzene rings is 1. The lowest BCUT2D eigenvalue weighted by Crippen LogP contribution is -2.22. The SMILES string of the molecule is CC(C)c1ccc(-c2nccc(N3CC[C@@H](O)C3)n2)cc1. The van der Waals surface area contributed by atoms with E-state index in [0.717, 1.165) is 30.2 Å². The first-order chi connectivity index (χ1) is 10.1. The Balaban J connectivity index is 1.85. The summed E-state index contributed by atoms with van der Waals surface area (Å²) in [5.41, 5.74) is 2.35. The van der Waals surface area contributed by atoms with E-state index in [0.29, 0.717) is 12.5 Å². The molecule has 0 aliphatic carbocycles. The molecule has 1 fully saturated rings. The second kappa shape index (κ2) is 5.82. The van der Waals surface area contributed by atoms with Gasteiger partial charge in [-0.1, -0.05) is 38.1 Å². The lowest BCUT2D eigenvalue weighted by atomic mass is 10.0. The highest BCUT2D eigenvalue weighted by atomic mass is 16.3. The summed E-state index contributed by atoms with van der Waals surface area (Å²) in [6, 6.07) is 10.3. The summed E-state index contributed by atoms with van der Waals surface area (Å²) >= 11 is 0. The molecule has 21 heavy (non-hydrogen) atoms. The van der Waals surface area contributed by atoms with Crippen molar-refractivity contribution < 1.29 is 5.11 Å². The predicted molar refractivity (Wildman–Crippen MR) is 84.4 cm³/mol.